The van der Waals surface area contributed by atoms with Gasteiger partial charge in [-0.2, -0.15) is 0 Å². The molecule has 0 atom stereocenters. The van der Waals surface area contributed by atoms with Crippen LogP contribution >= 0.6 is 11.3 Å². The van der Waals surface area contributed by atoms with E-state index >= 15 is 0 Å². The molecular weight excluding hydrogens is 198 g/mol. The Hall–Kier alpha value is -0.940. The lowest BCUT2D eigenvalue weighted by molar-refractivity contribution is -0.121. The first kappa shape index (κ1) is 11.1. The second-order valence-corrected chi connectivity index (χ2v) is 3.96. The fraction of sp³-hybridized carbons (Fsp3) is 0.556. The monoisotopic (exact) mass is 213 g/mol. The third-order valence-corrected chi connectivity index (χ3v) is 2.58. The van der Waals surface area contributed by atoms with Crippen molar-refractivity contribution in [3.63, 3.8) is 0 Å². The molecule has 1 aromatic heterocycles. The van der Waals surface area contributed by atoms with E-state index in [0.717, 1.165) is 17.7 Å². The number of nitrogens with two attached hydrogens (primary N) is 1. The van der Waals surface area contributed by atoms with Crippen molar-refractivity contribution < 1.29 is 4.79 Å². The van der Waals surface area contributed by atoms with Crippen molar-refractivity contribution in [2.24, 2.45) is 5.73 Å². The minimum absolute atomic E-state index is 0.0897. The molecule has 0 fully saturated rings. The largest absolute Gasteiger partial charge is 0.351 e. The molecule has 1 aromatic rings. The normalized spacial score (nSPS) is 10.1. The van der Waals surface area contributed by atoms with E-state index in [1.165, 1.54) is 0 Å². The van der Waals surface area contributed by atoms with Crippen molar-refractivity contribution in [3.8, 4) is 0 Å². The number of nitrogens with one attached hydrogen (secondary N) is 1. The number of amides is 1. The van der Waals surface area contributed by atoms with Gasteiger partial charge in [0.2, 0.25) is 5.91 Å². The Labute approximate surface area is 87.5 Å². The van der Waals surface area contributed by atoms with Crippen LogP contribution in [0.25, 0.3) is 0 Å². The van der Waals surface area contributed by atoms with Gasteiger partial charge in [0, 0.05) is 17.5 Å². The second-order valence-electron chi connectivity index (χ2n) is 2.99. The molecule has 0 bridgehead atoms. The Morgan fingerprint density at radius 3 is 3.07 bits per heavy atom. The number of thiazole rings is 1. The van der Waals surface area contributed by atoms with Crippen molar-refractivity contribution in [2.45, 2.75) is 25.8 Å². The summed E-state index contributed by atoms with van der Waals surface area (Å²) in [6.07, 6.45) is 4.11. The van der Waals surface area contributed by atoms with Gasteiger partial charge < -0.3 is 11.1 Å². The molecule has 0 spiro atoms. The summed E-state index contributed by atoms with van der Waals surface area (Å²) in [7, 11) is 0. The number of rotatable bonds is 6. The van der Waals surface area contributed by atoms with E-state index in [4.69, 9.17) is 5.73 Å². The highest BCUT2D eigenvalue weighted by molar-refractivity contribution is 7.09. The predicted molar refractivity (Wildman–Crippen MR) is 56.9 cm³/mol. The van der Waals surface area contributed by atoms with Crippen molar-refractivity contribution in [1.29, 1.82) is 0 Å². The molecule has 3 N–H and O–H groups in total. The van der Waals surface area contributed by atoms with E-state index in [-0.39, 0.29) is 5.91 Å². The summed E-state index contributed by atoms with van der Waals surface area (Å²) in [5.41, 5.74) is 7.09. The van der Waals surface area contributed by atoms with Crippen LogP contribution in [0.15, 0.2) is 11.7 Å². The van der Waals surface area contributed by atoms with Gasteiger partial charge >= 0.3 is 0 Å². The number of carbonyl (C=O) groups excluding carboxylic acids is 1. The fourth-order valence-electron chi connectivity index (χ4n) is 1.03. The van der Waals surface area contributed by atoms with Crippen LogP contribution in [0.4, 0.5) is 0 Å². The molecule has 1 amide bonds. The van der Waals surface area contributed by atoms with E-state index < -0.39 is 0 Å². The first-order valence-corrected chi connectivity index (χ1v) is 5.55. The smallest absolute Gasteiger partial charge is 0.220 e. The van der Waals surface area contributed by atoms with Crippen LogP contribution in [0.5, 0.6) is 0 Å². The minimum atomic E-state index is 0.0897. The molecule has 0 unspecified atom stereocenters. The van der Waals surface area contributed by atoms with Crippen molar-refractivity contribution in [3.05, 3.63) is 16.6 Å². The Kier molecular flexibility index (Phi) is 5.17. The maximum atomic E-state index is 11.2. The number of aromatic nitrogens is 1. The third kappa shape index (κ3) is 4.34. The summed E-state index contributed by atoms with van der Waals surface area (Å²) < 4.78 is 0. The molecule has 0 aliphatic rings. The molecule has 1 heterocycles. The standard InChI is InChI=1S/C9H15N3OS/c10-4-2-1-3-9(13)12-6-8-5-11-7-14-8/h5,7H,1-4,6,10H2,(H,12,13). The topological polar surface area (TPSA) is 68.0 Å². The van der Waals surface area contributed by atoms with Gasteiger partial charge in [-0.25, -0.2) is 0 Å². The highest BCUT2D eigenvalue weighted by Gasteiger charge is 2.01. The first-order chi connectivity index (χ1) is 6.83. The number of hydrogen-bond acceptors (Lipinski definition) is 4. The van der Waals surface area contributed by atoms with Crippen molar-refractivity contribution >= 4 is 17.2 Å². The zero-order valence-corrected chi connectivity index (χ0v) is 8.85. The SMILES string of the molecule is NCCCCC(=O)NCc1cncs1. The summed E-state index contributed by atoms with van der Waals surface area (Å²) in [6.45, 7) is 1.24. The number of unbranched alkanes of at least 4 members (excludes halogenated alkanes) is 1. The highest BCUT2D eigenvalue weighted by Crippen LogP contribution is 2.04. The van der Waals surface area contributed by atoms with Crippen LogP contribution in [0.3, 0.4) is 0 Å². The minimum Gasteiger partial charge on any atom is -0.351 e. The number of nitrogens with zero attached hydrogens (tertiary/aromatic N) is 1. The zero-order valence-electron chi connectivity index (χ0n) is 8.03. The Balaban J connectivity index is 2.09. The first-order valence-electron chi connectivity index (χ1n) is 4.67. The molecule has 0 aliphatic carbocycles. The fourth-order valence-corrected chi connectivity index (χ4v) is 1.57. The Bertz CT molecular complexity index is 261. The lowest BCUT2D eigenvalue weighted by Crippen LogP contribution is -2.22. The maximum Gasteiger partial charge on any atom is 0.220 e. The lowest BCUT2D eigenvalue weighted by Gasteiger charge is -2.02. The summed E-state index contributed by atoms with van der Waals surface area (Å²) >= 11 is 1.55. The summed E-state index contributed by atoms with van der Waals surface area (Å²) in [5.74, 6) is 0.0897. The number of carbonyl (C=O) groups is 1. The van der Waals surface area contributed by atoms with E-state index in [9.17, 15) is 4.79 Å². The lowest BCUT2D eigenvalue weighted by atomic mass is 10.2. The van der Waals surface area contributed by atoms with Gasteiger partial charge in [0.15, 0.2) is 0 Å². The molecule has 1 rings (SSSR count). The third-order valence-electron chi connectivity index (χ3n) is 1.80. The second kappa shape index (κ2) is 6.50. The van der Waals surface area contributed by atoms with E-state index in [1.807, 2.05) is 0 Å². The predicted octanol–water partition coefficient (Wildman–Crippen LogP) is 0.888. The molecule has 78 valence electrons. The van der Waals surface area contributed by atoms with Gasteiger partial charge in [-0.1, -0.05) is 0 Å². The van der Waals surface area contributed by atoms with Crippen LogP contribution in [0.2, 0.25) is 0 Å². The van der Waals surface area contributed by atoms with Gasteiger partial charge in [-0.15, -0.1) is 11.3 Å². The zero-order chi connectivity index (χ0) is 10.2. The molecule has 0 saturated heterocycles. The van der Waals surface area contributed by atoms with Gasteiger partial charge in [0.1, 0.15) is 0 Å². The van der Waals surface area contributed by atoms with Crippen LogP contribution < -0.4 is 11.1 Å². The van der Waals surface area contributed by atoms with Crippen LogP contribution in [0, 0.1) is 0 Å². The quantitative estimate of drug-likeness (QED) is 0.689. The van der Waals surface area contributed by atoms with Gasteiger partial charge in [-0.3, -0.25) is 9.78 Å². The van der Waals surface area contributed by atoms with E-state index in [2.05, 4.69) is 10.3 Å². The van der Waals surface area contributed by atoms with Gasteiger partial charge in [-0.05, 0) is 19.4 Å². The van der Waals surface area contributed by atoms with Crippen molar-refractivity contribution in [2.75, 3.05) is 6.54 Å². The molecule has 0 radical (unpaired) electrons. The Morgan fingerprint density at radius 1 is 1.57 bits per heavy atom. The van der Waals surface area contributed by atoms with Crippen molar-refractivity contribution in [1.82, 2.24) is 10.3 Å². The van der Waals surface area contributed by atoms with Crippen LogP contribution in [0.1, 0.15) is 24.1 Å². The van der Waals surface area contributed by atoms with Gasteiger partial charge in [0.25, 0.3) is 0 Å². The molecule has 14 heavy (non-hydrogen) atoms. The molecule has 4 nitrogen and oxygen atoms in total. The average molecular weight is 213 g/mol. The molecular formula is C9H15N3OS. The molecule has 0 aromatic carbocycles. The molecule has 5 heteroatoms. The van der Waals surface area contributed by atoms with Crippen LogP contribution in [-0.4, -0.2) is 17.4 Å². The highest BCUT2D eigenvalue weighted by atomic mass is 32.1. The summed E-state index contributed by atoms with van der Waals surface area (Å²) in [4.78, 5) is 16.3. The van der Waals surface area contributed by atoms with Crippen LogP contribution in [-0.2, 0) is 11.3 Å². The molecule has 0 aliphatic heterocycles. The van der Waals surface area contributed by atoms with E-state index in [0.29, 0.717) is 19.5 Å². The summed E-state index contributed by atoms with van der Waals surface area (Å²) in [5, 5.41) is 2.83. The summed E-state index contributed by atoms with van der Waals surface area (Å²) in [6, 6.07) is 0. The molecule has 0 saturated carbocycles. The Morgan fingerprint density at radius 2 is 2.43 bits per heavy atom. The number of hydrogen-bond donors (Lipinski definition) is 2. The maximum absolute atomic E-state index is 11.2. The van der Waals surface area contributed by atoms with E-state index in [1.54, 1.807) is 23.0 Å². The average Bonchev–Trinajstić information content (AvgIpc) is 2.68. The van der Waals surface area contributed by atoms with Gasteiger partial charge in [0.05, 0.1) is 12.1 Å².